The summed E-state index contributed by atoms with van der Waals surface area (Å²) in [6.07, 6.45) is 0.907. The largest absolute Gasteiger partial charge is 0.508 e. The molecule has 0 bridgehead atoms. The molecule has 0 aliphatic heterocycles. The summed E-state index contributed by atoms with van der Waals surface area (Å²) >= 11 is 0. The zero-order valence-corrected chi connectivity index (χ0v) is 24.2. The van der Waals surface area contributed by atoms with Crippen LogP contribution >= 0.6 is 0 Å². The number of hydrogen-bond acceptors (Lipinski definition) is 9. The molecule has 0 radical (unpaired) electrons. The second-order valence-electron chi connectivity index (χ2n) is 11.0. The lowest BCUT2D eigenvalue weighted by atomic mass is 9.92. The highest BCUT2D eigenvalue weighted by Gasteiger charge is 2.23. The van der Waals surface area contributed by atoms with Gasteiger partial charge in [-0.1, -0.05) is 38.1 Å². The molecule has 0 amide bonds. The van der Waals surface area contributed by atoms with Crippen LogP contribution in [0.2, 0.25) is 0 Å². The molecule has 0 aliphatic carbocycles. The fourth-order valence-electron chi connectivity index (χ4n) is 5.13. The third kappa shape index (κ3) is 7.05. The van der Waals surface area contributed by atoms with Gasteiger partial charge in [0.05, 0.1) is 6.61 Å². The normalized spacial score (nSPS) is 12.2. The Balaban J connectivity index is 1.85. The molecule has 224 valence electrons. The van der Waals surface area contributed by atoms with Crippen LogP contribution in [-0.2, 0) is 19.4 Å². The van der Waals surface area contributed by atoms with Gasteiger partial charge in [0.25, 0.3) is 0 Å². The standard InChI is InChI=1S/C33H39NO8/c1-19(2)10-22-13-24(14-23(30(22)38)12-20-6-4-7-21(11-20)17-34-3)33-32(40)31(39)29-27(15-25(37)16-28(29)42-33)41-26(18-36)8-5-9-35/h4,6-7,11,13-16,19,26,34-38,40H,5,8-10,12,17-18H2,1-3H3. The molecule has 1 atom stereocenters. The zero-order valence-electron chi connectivity index (χ0n) is 24.2. The SMILES string of the molecule is CNCc1cccc(Cc2cc(-c3oc4cc(O)cc(OC(CO)CCCO)c4c(=O)c3O)cc(CC(C)C)c2O)c1. The highest BCUT2D eigenvalue weighted by Crippen LogP contribution is 2.39. The Morgan fingerprint density at radius 3 is 2.38 bits per heavy atom. The molecule has 0 fully saturated rings. The van der Waals surface area contributed by atoms with E-state index in [9.17, 15) is 25.2 Å². The lowest BCUT2D eigenvalue weighted by Gasteiger charge is -2.18. The summed E-state index contributed by atoms with van der Waals surface area (Å²) < 4.78 is 11.9. The van der Waals surface area contributed by atoms with Crippen molar-refractivity contribution in [2.45, 2.75) is 52.2 Å². The van der Waals surface area contributed by atoms with Crippen molar-refractivity contribution in [1.82, 2.24) is 5.32 Å². The summed E-state index contributed by atoms with van der Waals surface area (Å²) in [5.74, 6) is -0.650. The number of aromatic hydroxyl groups is 3. The van der Waals surface area contributed by atoms with Crippen LogP contribution in [0.15, 0.2) is 57.7 Å². The maximum absolute atomic E-state index is 13.5. The van der Waals surface area contributed by atoms with Crippen molar-refractivity contribution in [3.05, 3.63) is 81.0 Å². The number of nitrogens with one attached hydrogen (secondary N) is 1. The number of ether oxygens (including phenoxy) is 1. The molecule has 1 heterocycles. The number of phenolic OH excluding ortho intramolecular Hbond substituents is 2. The molecule has 4 rings (SSSR count). The van der Waals surface area contributed by atoms with E-state index in [1.165, 1.54) is 12.1 Å². The van der Waals surface area contributed by atoms with Gasteiger partial charge in [0, 0.05) is 37.3 Å². The molecular formula is C33H39NO8. The Bertz CT molecular complexity index is 1590. The predicted molar refractivity (Wildman–Crippen MR) is 161 cm³/mol. The van der Waals surface area contributed by atoms with Gasteiger partial charge in [-0.2, -0.15) is 0 Å². The first-order chi connectivity index (χ1) is 20.1. The maximum atomic E-state index is 13.5. The summed E-state index contributed by atoms with van der Waals surface area (Å²) in [5.41, 5.74) is 2.98. The van der Waals surface area contributed by atoms with Gasteiger partial charge in [0.1, 0.15) is 34.3 Å². The van der Waals surface area contributed by atoms with Crippen LogP contribution in [0, 0.1) is 5.92 Å². The predicted octanol–water partition coefficient (Wildman–Crippen LogP) is 4.60. The first kappa shape index (κ1) is 30.9. The van der Waals surface area contributed by atoms with E-state index < -0.39 is 17.3 Å². The van der Waals surface area contributed by atoms with E-state index in [0.29, 0.717) is 48.9 Å². The number of aliphatic hydroxyl groups excluding tert-OH is 2. The number of benzene rings is 3. The van der Waals surface area contributed by atoms with E-state index in [-0.39, 0.29) is 53.1 Å². The molecule has 4 aromatic rings. The van der Waals surface area contributed by atoms with Crippen LogP contribution in [0.5, 0.6) is 23.0 Å². The summed E-state index contributed by atoms with van der Waals surface area (Å²) in [5, 5.41) is 54.6. The smallest absolute Gasteiger partial charge is 0.238 e. The second kappa shape index (κ2) is 13.7. The highest BCUT2D eigenvalue weighted by molar-refractivity contribution is 5.88. The quantitative estimate of drug-likeness (QED) is 0.134. The number of fused-ring (bicyclic) bond motifs is 1. The van der Waals surface area contributed by atoms with Crippen LogP contribution in [-0.4, -0.2) is 51.9 Å². The first-order valence-electron chi connectivity index (χ1n) is 14.1. The molecule has 0 saturated heterocycles. The minimum atomic E-state index is -0.764. The third-order valence-electron chi connectivity index (χ3n) is 7.03. The fraction of sp³-hybridized carbons (Fsp3) is 0.364. The van der Waals surface area contributed by atoms with Crippen LogP contribution in [0.4, 0.5) is 0 Å². The molecular weight excluding hydrogens is 538 g/mol. The molecule has 42 heavy (non-hydrogen) atoms. The minimum absolute atomic E-state index is 0.0125. The minimum Gasteiger partial charge on any atom is -0.508 e. The van der Waals surface area contributed by atoms with E-state index in [4.69, 9.17) is 14.3 Å². The molecule has 0 saturated carbocycles. The monoisotopic (exact) mass is 577 g/mol. The lowest BCUT2D eigenvalue weighted by Crippen LogP contribution is -2.22. The van der Waals surface area contributed by atoms with Crippen LogP contribution < -0.4 is 15.5 Å². The second-order valence-corrected chi connectivity index (χ2v) is 11.0. The number of hydrogen-bond donors (Lipinski definition) is 6. The van der Waals surface area contributed by atoms with Gasteiger partial charge in [-0.3, -0.25) is 4.79 Å². The Morgan fingerprint density at radius 1 is 0.952 bits per heavy atom. The van der Waals surface area contributed by atoms with E-state index in [1.807, 2.05) is 39.1 Å². The van der Waals surface area contributed by atoms with Gasteiger partial charge in [0.15, 0.2) is 5.76 Å². The maximum Gasteiger partial charge on any atom is 0.238 e. The van der Waals surface area contributed by atoms with Gasteiger partial charge >= 0.3 is 0 Å². The highest BCUT2D eigenvalue weighted by atomic mass is 16.5. The van der Waals surface area contributed by atoms with E-state index in [0.717, 1.165) is 11.1 Å². The zero-order chi connectivity index (χ0) is 30.4. The molecule has 1 aromatic heterocycles. The van der Waals surface area contributed by atoms with Gasteiger partial charge in [0.2, 0.25) is 11.2 Å². The fourth-order valence-corrected chi connectivity index (χ4v) is 5.13. The number of phenols is 2. The molecule has 6 N–H and O–H groups in total. The first-order valence-corrected chi connectivity index (χ1v) is 14.1. The van der Waals surface area contributed by atoms with Crippen molar-refractivity contribution < 1.29 is 34.7 Å². The van der Waals surface area contributed by atoms with Crippen molar-refractivity contribution in [3.8, 4) is 34.3 Å². The summed E-state index contributed by atoms with van der Waals surface area (Å²) in [7, 11) is 1.88. The summed E-state index contributed by atoms with van der Waals surface area (Å²) in [4.78, 5) is 13.5. The van der Waals surface area contributed by atoms with Crippen molar-refractivity contribution in [1.29, 1.82) is 0 Å². The van der Waals surface area contributed by atoms with Gasteiger partial charge < -0.3 is 40.0 Å². The van der Waals surface area contributed by atoms with Crippen LogP contribution in [0.25, 0.3) is 22.3 Å². The van der Waals surface area contributed by atoms with E-state index in [1.54, 1.807) is 12.1 Å². The number of rotatable bonds is 13. The van der Waals surface area contributed by atoms with Crippen LogP contribution in [0.1, 0.15) is 48.9 Å². The Morgan fingerprint density at radius 2 is 1.69 bits per heavy atom. The Labute approximate surface area is 244 Å². The third-order valence-corrected chi connectivity index (χ3v) is 7.03. The van der Waals surface area contributed by atoms with Crippen molar-refractivity contribution >= 4 is 11.0 Å². The van der Waals surface area contributed by atoms with E-state index in [2.05, 4.69) is 11.4 Å². The van der Waals surface area contributed by atoms with Crippen molar-refractivity contribution in [2.75, 3.05) is 20.3 Å². The number of aliphatic hydroxyl groups is 2. The topological polar surface area (TPSA) is 153 Å². The average molecular weight is 578 g/mol. The van der Waals surface area contributed by atoms with Crippen molar-refractivity contribution in [2.24, 2.45) is 5.92 Å². The van der Waals surface area contributed by atoms with Gasteiger partial charge in [-0.25, -0.2) is 0 Å². The molecule has 0 spiro atoms. The van der Waals surface area contributed by atoms with Gasteiger partial charge in [-0.05, 0) is 66.6 Å². The molecule has 3 aromatic carbocycles. The van der Waals surface area contributed by atoms with Gasteiger partial charge in [-0.15, -0.1) is 0 Å². The average Bonchev–Trinajstić information content (AvgIpc) is 2.94. The lowest BCUT2D eigenvalue weighted by molar-refractivity contribution is 0.102. The molecule has 0 aliphatic rings. The molecule has 9 nitrogen and oxygen atoms in total. The summed E-state index contributed by atoms with van der Waals surface area (Å²) in [6, 6.07) is 13.9. The van der Waals surface area contributed by atoms with Crippen molar-refractivity contribution in [3.63, 3.8) is 0 Å². The Kier molecular flexibility index (Phi) is 10.1. The Hall–Kier alpha value is -4.05. The van der Waals surface area contributed by atoms with E-state index >= 15 is 0 Å². The summed E-state index contributed by atoms with van der Waals surface area (Å²) in [6.45, 7) is 4.30. The molecule has 1 unspecified atom stereocenters. The van der Waals surface area contributed by atoms with Crippen LogP contribution in [0.3, 0.4) is 0 Å². The molecule has 9 heteroatoms.